The maximum atomic E-state index is 12.6. The number of rotatable bonds is 2. The minimum absolute atomic E-state index is 0.0570. The fourth-order valence-electron chi connectivity index (χ4n) is 2.17. The van der Waals surface area contributed by atoms with Crippen molar-refractivity contribution in [2.24, 2.45) is 0 Å². The maximum Gasteiger partial charge on any atom is 0.416 e. The lowest BCUT2D eigenvalue weighted by Crippen LogP contribution is -2.23. The molecule has 0 saturated carbocycles. The molecule has 2 unspecified atom stereocenters. The number of hydrogen-bond acceptors (Lipinski definition) is 2. The largest absolute Gasteiger partial charge is 0.416 e. The number of halogens is 3. The fourth-order valence-corrected chi connectivity index (χ4v) is 2.17. The lowest BCUT2D eigenvalue weighted by atomic mass is 10.0. The summed E-state index contributed by atoms with van der Waals surface area (Å²) in [5.74, 6) is 0. The van der Waals surface area contributed by atoms with Crippen molar-refractivity contribution in [1.82, 2.24) is 5.32 Å². The van der Waals surface area contributed by atoms with E-state index in [1.165, 1.54) is 12.1 Å². The monoisotopic (exact) mass is 245 g/mol. The topological polar surface area (TPSA) is 21.3 Å². The van der Waals surface area contributed by atoms with Gasteiger partial charge in [-0.3, -0.25) is 0 Å². The van der Waals surface area contributed by atoms with E-state index in [-0.39, 0.29) is 12.1 Å². The van der Waals surface area contributed by atoms with Gasteiger partial charge in [0.2, 0.25) is 0 Å². The van der Waals surface area contributed by atoms with E-state index in [9.17, 15) is 13.2 Å². The van der Waals surface area contributed by atoms with E-state index in [0.29, 0.717) is 5.56 Å². The number of alkyl halides is 3. The quantitative estimate of drug-likeness (QED) is 0.865. The van der Waals surface area contributed by atoms with Crippen LogP contribution in [-0.2, 0) is 10.9 Å². The van der Waals surface area contributed by atoms with Crippen molar-refractivity contribution < 1.29 is 17.9 Å². The van der Waals surface area contributed by atoms with E-state index < -0.39 is 11.7 Å². The Hall–Kier alpha value is -1.07. The van der Waals surface area contributed by atoms with Crippen LogP contribution >= 0.6 is 0 Å². The Balaban J connectivity index is 2.27. The lowest BCUT2D eigenvalue weighted by molar-refractivity contribution is -0.137. The maximum absolute atomic E-state index is 12.6. The molecule has 0 amide bonds. The summed E-state index contributed by atoms with van der Waals surface area (Å²) in [6.07, 6.45) is -3.53. The average molecular weight is 245 g/mol. The van der Waals surface area contributed by atoms with E-state index in [0.717, 1.165) is 19.0 Å². The van der Waals surface area contributed by atoms with Crippen molar-refractivity contribution in [2.75, 3.05) is 13.7 Å². The summed E-state index contributed by atoms with van der Waals surface area (Å²) in [5.41, 5.74) is 0.0164. The molecule has 0 aliphatic carbocycles. The molecule has 0 radical (unpaired) electrons. The number of nitrogens with one attached hydrogen (secondary N) is 1. The molecular weight excluding hydrogens is 231 g/mol. The van der Waals surface area contributed by atoms with Gasteiger partial charge < -0.3 is 10.1 Å². The molecule has 0 spiro atoms. The molecule has 1 aromatic rings. The van der Waals surface area contributed by atoms with Crippen LogP contribution in [0.15, 0.2) is 24.3 Å². The molecule has 0 aromatic heterocycles. The van der Waals surface area contributed by atoms with Gasteiger partial charge >= 0.3 is 6.18 Å². The summed E-state index contributed by atoms with van der Waals surface area (Å²) in [6, 6.07) is 5.26. The zero-order chi connectivity index (χ0) is 12.5. The van der Waals surface area contributed by atoms with Crippen LogP contribution < -0.4 is 5.32 Å². The molecule has 0 bridgehead atoms. The summed E-state index contributed by atoms with van der Waals surface area (Å²) in [6.45, 7) is 0.763. The normalized spacial score (nSPS) is 25.2. The van der Waals surface area contributed by atoms with E-state index in [2.05, 4.69) is 5.32 Å². The van der Waals surface area contributed by atoms with Crippen LogP contribution in [0.2, 0.25) is 0 Å². The molecule has 2 rings (SSSR count). The van der Waals surface area contributed by atoms with E-state index in [4.69, 9.17) is 4.74 Å². The van der Waals surface area contributed by atoms with Gasteiger partial charge in [-0.25, -0.2) is 0 Å². The third-order valence-corrected chi connectivity index (χ3v) is 3.04. The average Bonchev–Trinajstić information content (AvgIpc) is 2.76. The number of methoxy groups -OCH3 is 1. The van der Waals surface area contributed by atoms with Crippen molar-refractivity contribution in [3.05, 3.63) is 35.4 Å². The highest BCUT2D eigenvalue weighted by atomic mass is 19.4. The Morgan fingerprint density at radius 3 is 2.76 bits per heavy atom. The molecule has 2 atom stereocenters. The van der Waals surface area contributed by atoms with Crippen molar-refractivity contribution in [3.63, 3.8) is 0 Å². The van der Waals surface area contributed by atoms with Crippen LogP contribution in [0.25, 0.3) is 0 Å². The first-order chi connectivity index (χ1) is 8.02. The summed E-state index contributed by atoms with van der Waals surface area (Å²) in [5, 5.41) is 3.16. The summed E-state index contributed by atoms with van der Waals surface area (Å²) < 4.78 is 43.0. The van der Waals surface area contributed by atoms with E-state index in [1.807, 2.05) is 0 Å². The van der Waals surface area contributed by atoms with Crippen molar-refractivity contribution in [3.8, 4) is 0 Å². The first kappa shape index (κ1) is 12.4. The zero-order valence-electron chi connectivity index (χ0n) is 9.42. The second-order valence-corrected chi connectivity index (χ2v) is 4.12. The molecule has 1 saturated heterocycles. The van der Waals surface area contributed by atoms with Crippen LogP contribution in [-0.4, -0.2) is 19.8 Å². The predicted molar refractivity (Wildman–Crippen MR) is 57.6 cm³/mol. The summed E-state index contributed by atoms with van der Waals surface area (Å²) in [4.78, 5) is 0. The number of hydrogen-bond donors (Lipinski definition) is 1. The molecule has 1 fully saturated rings. The minimum atomic E-state index is -4.29. The summed E-state index contributed by atoms with van der Waals surface area (Å²) >= 11 is 0. The van der Waals surface area contributed by atoms with Crippen molar-refractivity contribution >= 4 is 0 Å². The van der Waals surface area contributed by atoms with Gasteiger partial charge in [0.25, 0.3) is 0 Å². The minimum Gasteiger partial charge on any atom is -0.379 e. The van der Waals surface area contributed by atoms with Crippen molar-refractivity contribution in [1.29, 1.82) is 0 Å². The van der Waals surface area contributed by atoms with Crippen LogP contribution in [0.5, 0.6) is 0 Å². The van der Waals surface area contributed by atoms with Crippen molar-refractivity contribution in [2.45, 2.75) is 24.7 Å². The molecule has 1 heterocycles. The van der Waals surface area contributed by atoms with Gasteiger partial charge in [-0.2, -0.15) is 13.2 Å². The third-order valence-electron chi connectivity index (χ3n) is 3.04. The molecule has 17 heavy (non-hydrogen) atoms. The molecule has 1 aromatic carbocycles. The highest BCUT2D eigenvalue weighted by molar-refractivity contribution is 5.29. The first-order valence-corrected chi connectivity index (χ1v) is 5.45. The van der Waals surface area contributed by atoms with Gasteiger partial charge in [0.05, 0.1) is 17.7 Å². The van der Waals surface area contributed by atoms with Crippen LogP contribution in [0.4, 0.5) is 13.2 Å². The second-order valence-electron chi connectivity index (χ2n) is 4.12. The van der Waals surface area contributed by atoms with Gasteiger partial charge in [-0.15, -0.1) is 0 Å². The Morgan fingerprint density at radius 2 is 2.12 bits per heavy atom. The van der Waals surface area contributed by atoms with Gasteiger partial charge in [0.15, 0.2) is 0 Å². The van der Waals surface area contributed by atoms with Gasteiger partial charge in [-0.1, -0.05) is 12.1 Å². The van der Waals surface area contributed by atoms with Gasteiger partial charge in [-0.05, 0) is 30.7 Å². The molecule has 1 aliphatic rings. The Kier molecular flexibility index (Phi) is 3.40. The second kappa shape index (κ2) is 4.66. The smallest absolute Gasteiger partial charge is 0.379 e. The Morgan fingerprint density at radius 1 is 1.35 bits per heavy atom. The zero-order valence-corrected chi connectivity index (χ0v) is 9.42. The molecule has 1 aliphatic heterocycles. The van der Waals surface area contributed by atoms with Crippen LogP contribution in [0.3, 0.4) is 0 Å². The molecular formula is C12H14F3NO. The Labute approximate surface area is 97.8 Å². The third kappa shape index (κ3) is 2.61. The number of benzene rings is 1. The molecule has 5 heteroatoms. The molecule has 2 nitrogen and oxygen atoms in total. The lowest BCUT2D eigenvalue weighted by Gasteiger charge is -2.19. The SMILES string of the molecule is COC1CCNC1c1cccc(C(F)(F)F)c1. The first-order valence-electron chi connectivity index (χ1n) is 5.45. The predicted octanol–water partition coefficient (Wildman–Crippen LogP) is 2.75. The highest BCUT2D eigenvalue weighted by Crippen LogP contribution is 2.33. The van der Waals surface area contributed by atoms with E-state index >= 15 is 0 Å². The van der Waals surface area contributed by atoms with Gasteiger partial charge in [0.1, 0.15) is 0 Å². The summed E-state index contributed by atoms with van der Waals surface area (Å²) in [7, 11) is 1.58. The number of ether oxygens (including phenoxy) is 1. The highest BCUT2D eigenvalue weighted by Gasteiger charge is 2.33. The van der Waals surface area contributed by atoms with Gasteiger partial charge in [0, 0.05) is 7.11 Å². The Bertz CT molecular complexity index is 392. The molecule has 94 valence electrons. The van der Waals surface area contributed by atoms with Crippen LogP contribution in [0.1, 0.15) is 23.6 Å². The van der Waals surface area contributed by atoms with E-state index in [1.54, 1.807) is 13.2 Å². The standard InChI is InChI=1S/C12H14F3NO/c1-17-10-5-6-16-11(10)8-3-2-4-9(7-8)12(13,14)15/h2-4,7,10-11,16H,5-6H2,1H3. The fraction of sp³-hybridized carbons (Fsp3) is 0.500. The molecule has 1 N–H and O–H groups in total. The van der Waals surface area contributed by atoms with Crippen LogP contribution in [0, 0.1) is 0 Å².